The molecule has 2 saturated carbocycles. The zero-order valence-corrected chi connectivity index (χ0v) is 85.0. The molecule has 0 spiro atoms. The molecule has 139 heavy (non-hydrogen) atoms. The van der Waals surface area contributed by atoms with Gasteiger partial charge in [-0.25, -0.2) is 0 Å². The first-order valence-electron chi connectivity index (χ1n) is 53.5. The fourth-order valence-corrected chi connectivity index (χ4v) is 24.8. The van der Waals surface area contributed by atoms with Crippen LogP contribution in [0.2, 0.25) is 0 Å². The minimum Gasteiger partial charge on any atom is -0.376 e. The highest BCUT2D eigenvalue weighted by molar-refractivity contribution is 5.85. The van der Waals surface area contributed by atoms with Crippen LogP contribution in [0.15, 0.2) is 365 Å². The van der Waals surface area contributed by atoms with Gasteiger partial charge in [-0.05, 0) is 318 Å². The topological polar surface area (TPSA) is 31.4 Å². The maximum atomic E-state index is 6.45. The number of aryl methyl sites for hydroxylation is 3. The first kappa shape index (κ1) is 99.0. The summed E-state index contributed by atoms with van der Waals surface area (Å²) in [4.78, 5) is 10.6. The first-order chi connectivity index (χ1) is 67.7. The van der Waals surface area contributed by atoms with Crippen molar-refractivity contribution in [2.45, 2.75) is 238 Å². The van der Waals surface area contributed by atoms with Crippen molar-refractivity contribution >= 4 is 43.8 Å². The molecule has 0 bridgehead atoms. The van der Waals surface area contributed by atoms with Crippen molar-refractivity contribution < 1.29 is 9.47 Å². The molecule has 13 aromatic rings. The van der Waals surface area contributed by atoms with Crippen LogP contribution in [0.1, 0.15) is 249 Å². The Hall–Kier alpha value is -11.5. The van der Waals surface area contributed by atoms with Crippen molar-refractivity contribution in [3.8, 4) is 0 Å². The average molecular weight is 1840 g/mol. The van der Waals surface area contributed by atoms with Crippen molar-refractivity contribution in [2.24, 2.45) is 35.5 Å². The number of nitrogens with zero attached hydrogens (tertiary/aromatic N) is 4. The van der Waals surface area contributed by atoms with Crippen LogP contribution in [-0.2, 0) is 54.4 Å². The van der Waals surface area contributed by atoms with Crippen molar-refractivity contribution in [2.75, 3.05) is 52.4 Å². The van der Waals surface area contributed by atoms with Crippen LogP contribution >= 0.6 is 0 Å². The fourth-order valence-electron chi connectivity index (χ4n) is 24.8. The van der Waals surface area contributed by atoms with E-state index in [0.717, 1.165) is 89.6 Å². The molecule has 5 aliphatic carbocycles. The molecule has 0 aromatic heterocycles. The molecule has 720 valence electrons. The summed E-state index contributed by atoms with van der Waals surface area (Å²) in [6.45, 7) is 26.9. The van der Waals surface area contributed by atoms with Crippen molar-refractivity contribution in [1.29, 1.82) is 0 Å². The normalized spacial score (nSPS) is 18.5. The Bertz CT molecular complexity index is 5780. The van der Waals surface area contributed by atoms with Gasteiger partial charge in [-0.2, -0.15) is 0 Å². The minimum absolute atomic E-state index is 0.105. The number of fused-ring (bicyclic) bond motifs is 5. The summed E-state index contributed by atoms with van der Waals surface area (Å²) in [7, 11) is 0. The zero-order valence-electron chi connectivity index (χ0n) is 85.0. The molecule has 0 amide bonds. The second-order valence-corrected chi connectivity index (χ2v) is 44.3. The molecule has 20 rings (SSSR count). The first-order valence-corrected chi connectivity index (χ1v) is 53.5. The van der Waals surface area contributed by atoms with Crippen LogP contribution in [0.5, 0.6) is 0 Å². The number of allylic oxidation sites excluding steroid dienone is 1. The Kier molecular flexibility index (Phi) is 34.3. The number of ether oxygens (including phenoxy) is 2. The second-order valence-electron chi connectivity index (χ2n) is 44.3. The molecule has 4 fully saturated rings. The van der Waals surface area contributed by atoms with Crippen molar-refractivity contribution in [3.05, 3.63) is 442 Å². The van der Waals surface area contributed by atoms with Gasteiger partial charge < -0.3 is 29.1 Å². The Morgan fingerprint density at radius 1 is 0.259 bits per heavy atom. The number of hydrogen-bond acceptors (Lipinski definition) is 6. The van der Waals surface area contributed by atoms with Crippen LogP contribution in [0.4, 0.5) is 0 Å². The molecule has 0 N–H and O–H groups in total. The van der Waals surface area contributed by atoms with E-state index < -0.39 is 0 Å². The monoisotopic (exact) mass is 1840 g/mol. The third-order valence-electron chi connectivity index (χ3n) is 30.6. The minimum atomic E-state index is -0.105. The van der Waals surface area contributed by atoms with E-state index in [4.69, 9.17) is 9.47 Å². The van der Waals surface area contributed by atoms with Crippen LogP contribution in [0, 0.1) is 35.5 Å². The Balaban J connectivity index is 0.000000129. The Morgan fingerprint density at radius 3 is 0.906 bits per heavy atom. The molecule has 6 nitrogen and oxygen atoms in total. The molecule has 0 radical (unpaired) electrons. The van der Waals surface area contributed by atoms with Gasteiger partial charge in [0.05, 0.1) is 22.4 Å². The van der Waals surface area contributed by atoms with Gasteiger partial charge in [0.15, 0.2) is 0 Å². The summed E-state index contributed by atoms with van der Waals surface area (Å²) in [6, 6.07) is 124. The van der Waals surface area contributed by atoms with Gasteiger partial charge in [0.2, 0.25) is 0 Å². The third kappa shape index (κ3) is 29.1. The maximum absolute atomic E-state index is 6.45. The van der Waals surface area contributed by atoms with Gasteiger partial charge in [0.1, 0.15) is 0 Å². The lowest BCUT2D eigenvalue weighted by Gasteiger charge is -2.48. The van der Waals surface area contributed by atoms with E-state index in [0.29, 0.717) is 23.7 Å². The molecule has 6 heteroatoms. The van der Waals surface area contributed by atoms with Gasteiger partial charge in [0, 0.05) is 93.9 Å². The summed E-state index contributed by atoms with van der Waals surface area (Å²) < 4.78 is 12.9. The third-order valence-corrected chi connectivity index (χ3v) is 30.6. The van der Waals surface area contributed by atoms with Crippen LogP contribution in [0.3, 0.4) is 0 Å². The lowest BCUT2D eigenvalue weighted by molar-refractivity contribution is -0.178. The molecule has 2 heterocycles. The summed E-state index contributed by atoms with van der Waals surface area (Å²) >= 11 is 0. The Labute approximate surface area is 835 Å². The summed E-state index contributed by atoms with van der Waals surface area (Å²) in [5.41, 5.74) is 24.8. The fraction of sp³-hybridized carbons (Fsp3) is 0.383. The van der Waals surface area contributed by atoms with Crippen molar-refractivity contribution in [3.63, 3.8) is 0 Å². The lowest BCUT2D eigenvalue weighted by Crippen LogP contribution is -2.49. The van der Waals surface area contributed by atoms with E-state index in [9.17, 15) is 0 Å². The highest BCUT2D eigenvalue weighted by Crippen LogP contribution is 2.44. The van der Waals surface area contributed by atoms with E-state index in [1.54, 1.807) is 22.3 Å². The molecule has 7 aliphatic rings. The van der Waals surface area contributed by atoms with Gasteiger partial charge in [0.25, 0.3) is 0 Å². The Morgan fingerprint density at radius 2 is 0.554 bits per heavy atom. The van der Waals surface area contributed by atoms with E-state index in [2.05, 4.69) is 440 Å². The number of hydrogen-bond donors (Lipinski definition) is 0. The molecule has 2 aliphatic heterocycles. The van der Waals surface area contributed by atoms with Gasteiger partial charge in [-0.15, -0.1) is 0 Å². The molecular weight excluding hydrogens is 1690 g/mol. The van der Waals surface area contributed by atoms with Gasteiger partial charge in [-0.3, -0.25) is 0 Å². The van der Waals surface area contributed by atoms with Gasteiger partial charge in [-0.1, -0.05) is 378 Å². The number of benzene rings is 13. The highest BCUT2D eigenvalue weighted by atomic mass is 16.5. The van der Waals surface area contributed by atoms with Crippen LogP contribution in [0.25, 0.3) is 43.8 Å². The summed E-state index contributed by atoms with van der Waals surface area (Å²) in [5.74, 6) is 4.27. The molecule has 2 saturated heterocycles. The zero-order chi connectivity index (χ0) is 95.7. The quantitative estimate of drug-likeness (QED) is 0.0486. The van der Waals surface area contributed by atoms with Crippen LogP contribution in [-0.4, -0.2) is 94.4 Å². The average Bonchev–Trinajstić information content (AvgIpc) is 0.798. The standard InChI is InChI=1S/C36H37N.C35H33N.C34H49NO2.C28H37N/c1-3-13-32(14-4-1)36(33-15-5-2-6-16-33)27-37(25-28-19-21-30-11-7-9-17-34(30)23-28)26-29-20-22-31-12-8-10-18-35(31)24-29;1-3-11-32-24-27(16-18-29(32)8-1)20-22-36(26-34-14-7-13-31-10-5-6-15-35(31)34)23-21-28-17-19-30-9-2-4-12-33(30)25-28;1-31(2)19-26(20-32(3,4)36-31)23-35(24-27-21-33(5,6)37-34(7,8)22-27)25-30(28-15-11-9-12-16-28)29-17-13-10-14-18-29;1-5-13-24(14-6-1)21-29(22-25-15-7-2-8-16-25)23-28(26-17-9-3-10-18-26)27-19-11-4-12-20-27/h1-18,27-29H,19-26H2;1-6,8-12,15-19,24-26H,7,13-14,20-23H2;9-18,25-27H,19-24H2,1-8H3;3-4,9-12,17-20,23-25H,1-2,5-8,13-16,21-22H2/b;34-26+;;. The predicted octanol–water partition coefficient (Wildman–Crippen LogP) is 32.3. The molecule has 2 atom stereocenters. The van der Waals surface area contributed by atoms with Crippen molar-refractivity contribution in [1.82, 2.24) is 19.6 Å². The molecule has 2 unspecified atom stereocenters. The van der Waals surface area contributed by atoms with E-state index in [1.807, 2.05) is 0 Å². The molecule has 13 aromatic carbocycles. The van der Waals surface area contributed by atoms with E-state index in [-0.39, 0.29) is 22.4 Å². The van der Waals surface area contributed by atoms with E-state index >= 15 is 0 Å². The molecular formula is C133H156N4O2. The smallest absolute Gasteiger partial charge is 0.0637 e. The maximum Gasteiger partial charge on any atom is 0.0637 e. The predicted molar refractivity (Wildman–Crippen MR) is 590 cm³/mol. The van der Waals surface area contributed by atoms with E-state index in [1.165, 1.54) is 235 Å². The second kappa shape index (κ2) is 48.1. The highest BCUT2D eigenvalue weighted by Gasteiger charge is 2.43. The SMILES string of the molecule is C(=C(c1ccccc1)c1ccccc1)N(CC1CCCCC1)CC1CCCCC1.C(=C(c1ccccc1)c1ccccc1)N(CC1CCc2ccccc2C1)CC1CCc2ccccc2C1.C(=C1/CCCc2ccccc21)/N(CCc1ccc2ccccc2c1)CCc1ccc2ccccc2c1.CC1(C)CC(CN(C=C(c2ccccc2)c2ccccc2)CC2CC(C)(C)OC(C)(C)C2)CC(C)(C)O1. The van der Waals surface area contributed by atoms with Crippen LogP contribution < -0.4 is 0 Å². The number of rotatable bonds is 28. The summed E-state index contributed by atoms with van der Waals surface area (Å²) in [6.07, 6.45) is 41.6. The largest absolute Gasteiger partial charge is 0.376 e. The lowest BCUT2D eigenvalue weighted by atomic mass is 9.79. The van der Waals surface area contributed by atoms with Gasteiger partial charge >= 0.3 is 0 Å². The summed E-state index contributed by atoms with van der Waals surface area (Å²) in [5, 5.41) is 5.29.